The molecule has 198 valence electrons. The van der Waals surface area contributed by atoms with Crippen LogP contribution < -0.4 is 9.62 Å². The van der Waals surface area contributed by atoms with Gasteiger partial charge in [0.1, 0.15) is 12.6 Å². The minimum absolute atomic E-state index is 0.0180. The van der Waals surface area contributed by atoms with E-state index in [4.69, 9.17) is 34.8 Å². The van der Waals surface area contributed by atoms with Gasteiger partial charge < -0.3 is 10.2 Å². The fourth-order valence-corrected chi connectivity index (χ4v) is 5.11. The summed E-state index contributed by atoms with van der Waals surface area (Å²) in [5.74, 6) is -0.900. The molecule has 0 saturated carbocycles. The molecule has 0 heterocycles. The van der Waals surface area contributed by atoms with E-state index in [-0.39, 0.29) is 33.2 Å². The lowest BCUT2D eigenvalue weighted by Gasteiger charge is -2.34. The van der Waals surface area contributed by atoms with Gasteiger partial charge in [0, 0.05) is 12.1 Å². The van der Waals surface area contributed by atoms with Gasteiger partial charge in [0.05, 0.1) is 27.0 Å². The Balaban J connectivity index is 2.52. The highest BCUT2D eigenvalue weighted by Gasteiger charge is 2.33. The van der Waals surface area contributed by atoms with Crippen molar-refractivity contribution in [3.05, 3.63) is 62.6 Å². The van der Waals surface area contributed by atoms with Crippen LogP contribution in [0, 0.1) is 6.92 Å². The number of hydrogen-bond acceptors (Lipinski definition) is 4. The molecule has 0 spiro atoms. The highest BCUT2D eigenvalue weighted by Crippen LogP contribution is 2.35. The zero-order valence-electron chi connectivity index (χ0n) is 21.2. The lowest BCUT2D eigenvalue weighted by atomic mass is 10.1. The topological polar surface area (TPSA) is 86.8 Å². The van der Waals surface area contributed by atoms with Crippen LogP contribution in [0.2, 0.25) is 15.1 Å². The Hall–Kier alpha value is -2.00. The molecule has 11 heteroatoms. The molecule has 1 N–H and O–H groups in total. The number of benzene rings is 2. The maximum Gasteiger partial charge on any atom is 0.244 e. The molecule has 2 aromatic carbocycles. The number of rotatable bonds is 9. The third-order valence-corrected chi connectivity index (χ3v) is 7.45. The highest BCUT2D eigenvalue weighted by molar-refractivity contribution is 7.92. The Morgan fingerprint density at radius 2 is 1.56 bits per heavy atom. The number of hydrogen-bond donors (Lipinski definition) is 1. The minimum atomic E-state index is -3.96. The van der Waals surface area contributed by atoms with Crippen molar-refractivity contribution >= 4 is 62.3 Å². The van der Waals surface area contributed by atoms with Crippen LogP contribution in [0.15, 0.2) is 36.4 Å². The Bertz CT molecular complexity index is 1210. The van der Waals surface area contributed by atoms with Crippen molar-refractivity contribution in [3.63, 3.8) is 0 Å². The number of sulfonamides is 1. The minimum Gasteiger partial charge on any atom is -0.350 e. The third kappa shape index (κ3) is 8.26. The summed E-state index contributed by atoms with van der Waals surface area (Å²) in [7, 11) is -3.96. The van der Waals surface area contributed by atoms with Gasteiger partial charge in [0.2, 0.25) is 21.8 Å². The summed E-state index contributed by atoms with van der Waals surface area (Å²) < 4.78 is 26.3. The first-order valence-electron chi connectivity index (χ1n) is 11.3. The van der Waals surface area contributed by atoms with E-state index in [2.05, 4.69) is 5.32 Å². The molecule has 0 saturated heterocycles. The number of amides is 2. The first kappa shape index (κ1) is 30.2. The van der Waals surface area contributed by atoms with Crippen molar-refractivity contribution < 1.29 is 18.0 Å². The number of nitrogens with zero attached hydrogens (tertiary/aromatic N) is 2. The van der Waals surface area contributed by atoms with Gasteiger partial charge in [-0.15, -0.1) is 0 Å². The first-order chi connectivity index (χ1) is 16.5. The first-order valence-corrected chi connectivity index (χ1v) is 14.3. The second-order valence-corrected chi connectivity index (χ2v) is 12.8. The van der Waals surface area contributed by atoms with Crippen molar-refractivity contribution in [1.82, 2.24) is 10.2 Å². The van der Waals surface area contributed by atoms with Crippen molar-refractivity contribution in [1.29, 1.82) is 0 Å². The molecule has 0 fully saturated rings. The molecular weight excluding hydrogens is 545 g/mol. The molecule has 0 aliphatic rings. The maximum atomic E-state index is 13.7. The fourth-order valence-electron chi connectivity index (χ4n) is 3.56. The van der Waals surface area contributed by atoms with Gasteiger partial charge in [-0.1, -0.05) is 71.6 Å². The number of carbonyl (C=O) groups is 2. The predicted molar refractivity (Wildman–Crippen MR) is 147 cm³/mol. The zero-order valence-corrected chi connectivity index (χ0v) is 24.3. The molecule has 36 heavy (non-hydrogen) atoms. The van der Waals surface area contributed by atoms with Gasteiger partial charge in [-0.2, -0.15) is 0 Å². The van der Waals surface area contributed by atoms with Gasteiger partial charge in [0.15, 0.2) is 0 Å². The summed E-state index contributed by atoms with van der Waals surface area (Å²) in [6, 6.07) is 9.35. The Labute approximate surface area is 228 Å². The molecule has 0 bridgehead atoms. The van der Waals surface area contributed by atoms with E-state index in [0.717, 1.165) is 21.7 Å². The molecule has 1 atom stereocenters. The standard InChI is InChI=1S/C25H32Cl3N3O4S/c1-7-21(24(33)29-25(3,4)5)30(14-17-10-8-16(2)9-11-17)23(32)15-31(36(6,34)35)22-13-19(27)18(26)12-20(22)28/h8-13,21H,7,14-15H2,1-6H3,(H,29,33). The zero-order chi connectivity index (χ0) is 27.4. The largest absolute Gasteiger partial charge is 0.350 e. The Morgan fingerprint density at radius 1 is 1.00 bits per heavy atom. The van der Waals surface area contributed by atoms with Crippen molar-refractivity contribution in [2.45, 2.75) is 59.2 Å². The van der Waals surface area contributed by atoms with Crippen LogP contribution in [-0.2, 0) is 26.2 Å². The van der Waals surface area contributed by atoms with Gasteiger partial charge in [0.25, 0.3) is 0 Å². The molecule has 0 aliphatic carbocycles. The van der Waals surface area contributed by atoms with Gasteiger partial charge in [-0.25, -0.2) is 8.42 Å². The van der Waals surface area contributed by atoms with E-state index in [1.165, 1.54) is 17.0 Å². The normalized spacial score (nSPS) is 12.7. The average molecular weight is 577 g/mol. The Morgan fingerprint density at radius 3 is 2.06 bits per heavy atom. The summed E-state index contributed by atoms with van der Waals surface area (Å²) in [4.78, 5) is 28.3. The molecule has 0 aliphatic heterocycles. The smallest absolute Gasteiger partial charge is 0.244 e. The van der Waals surface area contributed by atoms with E-state index < -0.39 is 34.1 Å². The number of aryl methyl sites for hydroxylation is 1. The van der Waals surface area contributed by atoms with Crippen molar-refractivity contribution in [3.8, 4) is 0 Å². The number of nitrogens with one attached hydrogen (secondary N) is 1. The summed E-state index contributed by atoms with van der Waals surface area (Å²) in [6.07, 6.45) is 1.29. The van der Waals surface area contributed by atoms with Gasteiger partial charge >= 0.3 is 0 Å². The molecule has 1 unspecified atom stereocenters. The van der Waals surface area contributed by atoms with Crippen LogP contribution in [0.25, 0.3) is 0 Å². The maximum absolute atomic E-state index is 13.7. The van der Waals surface area contributed by atoms with Crippen molar-refractivity contribution in [2.24, 2.45) is 0 Å². The van der Waals surface area contributed by atoms with E-state index in [1.807, 2.05) is 52.0 Å². The molecule has 0 radical (unpaired) electrons. The van der Waals surface area contributed by atoms with Crippen LogP contribution in [0.4, 0.5) is 5.69 Å². The second kappa shape index (κ2) is 12.0. The van der Waals surface area contributed by atoms with E-state index in [0.29, 0.717) is 6.42 Å². The number of anilines is 1. The molecule has 2 amide bonds. The fraction of sp³-hybridized carbons (Fsp3) is 0.440. The van der Waals surface area contributed by atoms with E-state index >= 15 is 0 Å². The van der Waals surface area contributed by atoms with Gasteiger partial charge in [-0.05, 0) is 51.8 Å². The average Bonchev–Trinajstić information content (AvgIpc) is 2.74. The van der Waals surface area contributed by atoms with Crippen LogP contribution in [-0.4, -0.2) is 49.5 Å². The lowest BCUT2D eigenvalue weighted by Crippen LogP contribution is -2.55. The number of halogens is 3. The molecule has 0 aromatic heterocycles. The summed E-state index contributed by atoms with van der Waals surface area (Å²) in [5, 5.41) is 3.18. The summed E-state index contributed by atoms with van der Waals surface area (Å²) >= 11 is 18.4. The van der Waals surface area contributed by atoms with Crippen LogP contribution >= 0.6 is 34.8 Å². The van der Waals surface area contributed by atoms with E-state index in [9.17, 15) is 18.0 Å². The quantitative estimate of drug-likeness (QED) is 0.403. The Kier molecular flexibility index (Phi) is 10.1. The summed E-state index contributed by atoms with van der Waals surface area (Å²) in [5.41, 5.74) is 1.35. The van der Waals surface area contributed by atoms with Crippen LogP contribution in [0.3, 0.4) is 0 Å². The monoisotopic (exact) mass is 575 g/mol. The van der Waals surface area contributed by atoms with Crippen molar-refractivity contribution in [2.75, 3.05) is 17.1 Å². The SMILES string of the molecule is CCC(C(=O)NC(C)(C)C)N(Cc1ccc(C)cc1)C(=O)CN(c1cc(Cl)c(Cl)cc1Cl)S(C)(=O)=O. The molecule has 2 rings (SSSR count). The molecular formula is C25H32Cl3N3O4S. The predicted octanol–water partition coefficient (Wildman–Crippen LogP) is 5.44. The lowest BCUT2D eigenvalue weighted by molar-refractivity contribution is -0.141. The highest BCUT2D eigenvalue weighted by atomic mass is 35.5. The third-order valence-electron chi connectivity index (χ3n) is 5.30. The van der Waals surface area contributed by atoms with E-state index in [1.54, 1.807) is 6.92 Å². The molecule has 2 aromatic rings. The summed E-state index contributed by atoms with van der Waals surface area (Å²) in [6.45, 7) is 8.82. The van der Waals surface area contributed by atoms with Crippen LogP contribution in [0.5, 0.6) is 0 Å². The second-order valence-electron chi connectivity index (χ2n) is 9.66. The van der Waals surface area contributed by atoms with Crippen LogP contribution in [0.1, 0.15) is 45.2 Å². The number of carbonyl (C=O) groups excluding carboxylic acids is 2. The molecule has 7 nitrogen and oxygen atoms in total. The van der Waals surface area contributed by atoms with Gasteiger partial charge in [-0.3, -0.25) is 13.9 Å².